The second kappa shape index (κ2) is 5.82. The molecule has 1 atom stereocenters. The Hall–Kier alpha value is -1.91. The molecule has 0 amide bonds. The first-order valence-electron chi connectivity index (χ1n) is 6.18. The molecule has 19 heavy (non-hydrogen) atoms. The van der Waals surface area contributed by atoms with E-state index in [9.17, 15) is 0 Å². The van der Waals surface area contributed by atoms with Gasteiger partial charge in [-0.15, -0.1) is 0 Å². The van der Waals surface area contributed by atoms with Gasteiger partial charge in [-0.25, -0.2) is 5.43 Å². The number of nitrogens with zero attached hydrogens (tertiary/aromatic N) is 1. The Morgan fingerprint density at radius 3 is 2.63 bits per heavy atom. The number of ether oxygens (including phenoxy) is 1. The molecule has 0 spiro atoms. The molecular weight excluding hydrogens is 238 g/mol. The van der Waals surface area contributed by atoms with Crippen molar-refractivity contribution in [2.75, 3.05) is 7.11 Å². The van der Waals surface area contributed by atoms with Crippen LogP contribution >= 0.6 is 0 Å². The van der Waals surface area contributed by atoms with E-state index >= 15 is 0 Å². The second-order valence-electron chi connectivity index (χ2n) is 4.58. The normalized spacial score (nSPS) is 12.2. The molecule has 0 bridgehead atoms. The highest BCUT2D eigenvalue weighted by Gasteiger charge is 2.19. The minimum absolute atomic E-state index is 0.136. The number of methoxy groups -OCH3 is 1. The third kappa shape index (κ3) is 2.75. The molecule has 0 aliphatic rings. The Morgan fingerprint density at radius 2 is 2.00 bits per heavy atom. The number of nitrogens with two attached hydrogens (primary N) is 1. The zero-order chi connectivity index (χ0) is 13.8. The molecule has 0 aliphatic heterocycles. The number of hydrogen-bond acceptors (Lipinski definition) is 4. The third-order valence-electron chi connectivity index (χ3n) is 3.25. The summed E-state index contributed by atoms with van der Waals surface area (Å²) in [5, 5.41) is 0. The minimum atomic E-state index is -0.136. The van der Waals surface area contributed by atoms with E-state index in [-0.39, 0.29) is 6.04 Å². The molecule has 1 aromatic carbocycles. The summed E-state index contributed by atoms with van der Waals surface area (Å²) in [4.78, 5) is 4.18. The fourth-order valence-corrected chi connectivity index (χ4v) is 2.20. The molecule has 1 aromatic heterocycles. The van der Waals surface area contributed by atoms with Gasteiger partial charge in [0.05, 0.1) is 13.2 Å². The first-order valence-corrected chi connectivity index (χ1v) is 6.18. The molecule has 1 heterocycles. The van der Waals surface area contributed by atoms with Gasteiger partial charge in [-0.1, -0.05) is 17.7 Å². The number of hydrogen-bond donors (Lipinski definition) is 2. The summed E-state index contributed by atoms with van der Waals surface area (Å²) in [6.45, 7) is 4.09. The van der Waals surface area contributed by atoms with E-state index in [2.05, 4.69) is 16.5 Å². The van der Waals surface area contributed by atoms with E-state index in [4.69, 9.17) is 10.6 Å². The van der Waals surface area contributed by atoms with Crippen molar-refractivity contribution in [1.29, 1.82) is 0 Å². The van der Waals surface area contributed by atoms with Gasteiger partial charge in [0.2, 0.25) is 0 Å². The highest BCUT2D eigenvalue weighted by Crippen LogP contribution is 2.31. The lowest BCUT2D eigenvalue weighted by atomic mass is 9.95. The van der Waals surface area contributed by atoms with Crippen LogP contribution in [-0.4, -0.2) is 12.1 Å². The maximum Gasteiger partial charge on any atom is 0.124 e. The SMILES string of the molecule is COc1ccc(C)cc1C(NN)c1cnccc1C. The summed E-state index contributed by atoms with van der Waals surface area (Å²) < 4.78 is 5.43. The van der Waals surface area contributed by atoms with Crippen molar-refractivity contribution in [1.82, 2.24) is 10.4 Å². The van der Waals surface area contributed by atoms with E-state index in [1.54, 1.807) is 13.3 Å². The van der Waals surface area contributed by atoms with Gasteiger partial charge >= 0.3 is 0 Å². The quantitative estimate of drug-likeness (QED) is 0.651. The van der Waals surface area contributed by atoms with Gasteiger partial charge in [0.1, 0.15) is 5.75 Å². The maximum absolute atomic E-state index is 5.75. The molecule has 100 valence electrons. The Morgan fingerprint density at radius 1 is 1.21 bits per heavy atom. The van der Waals surface area contributed by atoms with Gasteiger partial charge in [0.15, 0.2) is 0 Å². The standard InChI is InChI=1S/C15H19N3O/c1-10-4-5-14(19-3)12(8-10)15(18-16)13-9-17-7-6-11(13)2/h4-9,15,18H,16H2,1-3H3. The van der Waals surface area contributed by atoms with Gasteiger partial charge in [0.25, 0.3) is 0 Å². The Kier molecular flexibility index (Phi) is 4.14. The van der Waals surface area contributed by atoms with Gasteiger partial charge < -0.3 is 4.74 Å². The molecular formula is C15H19N3O. The Balaban J connectivity index is 2.54. The predicted octanol–water partition coefficient (Wildman–Crippen LogP) is 2.26. The molecule has 0 saturated heterocycles. The smallest absolute Gasteiger partial charge is 0.124 e. The van der Waals surface area contributed by atoms with Crippen molar-refractivity contribution in [3.05, 3.63) is 58.9 Å². The average Bonchev–Trinajstić information content (AvgIpc) is 2.42. The van der Waals surface area contributed by atoms with Crippen LogP contribution in [-0.2, 0) is 0 Å². The van der Waals surface area contributed by atoms with Crippen molar-refractivity contribution in [3.63, 3.8) is 0 Å². The molecule has 0 saturated carbocycles. The number of aryl methyl sites for hydroxylation is 2. The van der Waals surface area contributed by atoms with Crippen LogP contribution in [0, 0.1) is 13.8 Å². The first-order chi connectivity index (χ1) is 9.17. The van der Waals surface area contributed by atoms with E-state index in [1.807, 2.05) is 38.2 Å². The van der Waals surface area contributed by atoms with Crippen LogP contribution in [0.5, 0.6) is 5.75 Å². The summed E-state index contributed by atoms with van der Waals surface area (Å²) in [5.74, 6) is 6.56. The van der Waals surface area contributed by atoms with Gasteiger partial charge in [-0.2, -0.15) is 0 Å². The number of hydrazine groups is 1. The molecule has 0 aliphatic carbocycles. The summed E-state index contributed by atoms with van der Waals surface area (Å²) in [6.07, 6.45) is 3.61. The molecule has 1 unspecified atom stereocenters. The van der Waals surface area contributed by atoms with Crippen LogP contribution < -0.4 is 16.0 Å². The monoisotopic (exact) mass is 257 g/mol. The van der Waals surface area contributed by atoms with Gasteiger partial charge in [-0.3, -0.25) is 10.8 Å². The Bertz CT molecular complexity index is 569. The fraction of sp³-hybridized carbons (Fsp3) is 0.267. The van der Waals surface area contributed by atoms with E-state index in [0.717, 1.165) is 28.0 Å². The number of benzene rings is 1. The fourth-order valence-electron chi connectivity index (χ4n) is 2.20. The highest BCUT2D eigenvalue weighted by molar-refractivity contribution is 5.44. The van der Waals surface area contributed by atoms with Crippen LogP contribution in [0.4, 0.5) is 0 Å². The maximum atomic E-state index is 5.75. The first kappa shape index (κ1) is 13.5. The molecule has 4 nitrogen and oxygen atoms in total. The lowest BCUT2D eigenvalue weighted by molar-refractivity contribution is 0.404. The highest BCUT2D eigenvalue weighted by atomic mass is 16.5. The number of pyridine rings is 1. The van der Waals surface area contributed by atoms with Crippen LogP contribution in [0.25, 0.3) is 0 Å². The van der Waals surface area contributed by atoms with E-state index < -0.39 is 0 Å². The minimum Gasteiger partial charge on any atom is -0.496 e. The molecule has 0 radical (unpaired) electrons. The lowest BCUT2D eigenvalue weighted by Gasteiger charge is -2.21. The number of aromatic nitrogens is 1. The molecule has 3 N–H and O–H groups in total. The summed E-state index contributed by atoms with van der Waals surface area (Å²) in [5.41, 5.74) is 7.23. The van der Waals surface area contributed by atoms with Crippen LogP contribution in [0.15, 0.2) is 36.7 Å². The largest absolute Gasteiger partial charge is 0.496 e. The van der Waals surface area contributed by atoms with Crippen LogP contribution in [0.1, 0.15) is 28.3 Å². The van der Waals surface area contributed by atoms with Crippen molar-refractivity contribution in [2.24, 2.45) is 5.84 Å². The van der Waals surface area contributed by atoms with Gasteiger partial charge in [0, 0.05) is 18.0 Å². The third-order valence-corrected chi connectivity index (χ3v) is 3.25. The summed E-state index contributed by atoms with van der Waals surface area (Å²) in [7, 11) is 1.66. The van der Waals surface area contributed by atoms with E-state index in [1.165, 1.54) is 0 Å². The van der Waals surface area contributed by atoms with Crippen LogP contribution in [0.2, 0.25) is 0 Å². The zero-order valence-corrected chi connectivity index (χ0v) is 11.5. The van der Waals surface area contributed by atoms with Gasteiger partial charge in [-0.05, 0) is 37.1 Å². The molecule has 2 rings (SSSR count). The van der Waals surface area contributed by atoms with Crippen molar-refractivity contribution in [2.45, 2.75) is 19.9 Å². The Labute approximate surface area is 113 Å². The lowest BCUT2D eigenvalue weighted by Crippen LogP contribution is -2.29. The summed E-state index contributed by atoms with van der Waals surface area (Å²) in [6, 6.07) is 7.90. The predicted molar refractivity (Wildman–Crippen MR) is 75.9 cm³/mol. The average molecular weight is 257 g/mol. The second-order valence-corrected chi connectivity index (χ2v) is 4.58. The number of rotatable bonds is 4. The number of nitrogens with one attached hydrogen (secondary N) is 1. The zero-order valence-electron chi connectivity index (χ0n) is 11.5. The van der Waals surface area contributed by atoms with Crippen molar-refractivity contribution < 1.29 is 4.74 Å². The van der Waals surface area contributed by atoms with Crippen LogP contribution in [0.3, 0.4) is 0 Å². The molecule has 2 aromatic rings. The van der Waals surface area contributed by atoms with Crippen molar-refractivity contribution in [3.8, 4) is 5.75 Å². The molecule has 4 heteroatoms. The molecule has 0 fully saturated rings. The van der Waals surface area contributed by atoms with E-state index in [0.29, 0.717) is 0 Å². The topological polar surface area (TPSA) is 60.2 Å². The summed E-state index contributed by atoms with van der Waals surface area (Å²) >= 11 is 0. The van der Waals surface area contributed by atoms with Crippen molar-refractivity contribution >= 4 is 0 Å².